The lowest BCUT2D eigenvalue weighted by molar-refractivity contribution is -0.113. The van der Waals surface area contributed by atoms with Crippen LogP contribution in [0.4, 0.5) is 5.69 Å². The van der Waals surface area contributed by atoms with E-state index in [-0.39, 0.29) is 11.7 Å². The Morgan fingerprint density at radius 1 is 1.14 bits per heavy atom. The van der Waals surface area contributed by atoms with E-state index in [0.717, 1.165) is 28.9 Å². The number of aryl methyl sites for hydroxylation is 2. The molecule has 0 saturated heterocycles. The van der Waals surface area contributed by atoms with Crippen molar-refractivity contribution in [2.75, 3.05) is 11.1 Å². The molecule has 1 aromatic heterocycles. The molecule has 0 saturated carbocycles. The third-order valence-corrected chi connectivity index (χ3v) is 5.72. The topological polar surface area (TPSA) is 72.7 Å². The number of hydrogen-bond donors (Lipinski definition) is 1. The van der Waals surface area contributed by atoms with Gasteiger partial charge in [0, 0.05) is 5.69 Å². The molecule has 0 fully saturated rings. The standard InChI is InChI=1S/C21H25N5OS/c1-5-14(2)17-9-11-18(12-10-17)22-19(27)13-28-21-23-24-25-26(21)20-15(3)7-6-8-16(20)4/h6-12,14H,5,13H2,1-4H3,(H,22,27)/t14-/m0/s1. The predicted molar refractivity (Wildman–Crippen MR) is 113 cm³/mol. The number of nitrogens with zero attached hydrogens (tertiary/aromatic N) is 4. The molecule has 3 rings (SSSR count). The van der Waals surface area contributed by atoms with Crippen molar-refractivity contribution in [1.82, 2.24) is 20.2 Å². The molecule has 7 heteroatoms. The molecule has 146 valence electrons. The molecule has 2 aromatic carbocycles. The van der Waals surface area contributed by atoms with E-state index >= 15 is 0 Å². The zero-order valence-corrected chi connectivity index (χ0v) is 17.5. The minimum atomic E-state index is -0.0858. The summed E-state index contributed by atoms with van der Waals surface area (Å²) >= 11 is 1.32. The van der Waals surface area contributed by atoms with Crippen LogP contribution in [0.5, 0.6) is 0 Å². The van der Waals surface area contributed by atoms with Crippen LogP contribution >= 0.6 is 11.8 Å². The van der Waals surface area contributed by atoms with Crippen molar-refractivity contribution >= 4 is 23.4 Å². The molecular weight excluding hydrogens is 370 g/mol. The van der Waals surface area contributed by atoms with E-state index < -0.39 is 0 Å². The number of carbonyl (C=O) groups is 1. The summed E-state index contributed by atoms with van der Waals surface area (Å²) in [6, 6.07) is 14.1. The van der Waals surface area contributed by atoms with Crippen LogP contribution in [0.2, 0.25) is 0 Å². The van der Waals surface area contributed by atoms with E-state index in [0.29, 0.717) is 11.1 Å². The van der Waals surface area contributed by atoms with Gasteiger partial charge in [0.2, 0.25) is 11.1 Å². The molecule has 0 aliphatic rings. The van der Waals surface area contributed by atoms with E-state index in [9.17, 15) is 4.79 Å². The minimum Gasteiger partial charge on any atom is -0.325 e. The molecule has 0 radical (unpaired) electrons. The molecule has 6 nitrogen and oxygen atoms in total. The van der Waals surface area contributed by atoms with E-state index in [1.165, 1.54) is 17.3 Å². The van der Waals surface area contributed by atoms with Gasteiger partial charge >= 0.3 is 0 Å². The molecule has 28 heavy (non-hydrogen) atoms. The van der Waals surface area contributed by atoms with Gasteiger partial charge in [0.15, 0.2) is 0 Å². The Kier molecular flexibility index (Phi) is 6.46. The summed E-state index contributed by atoms with van der Waals surface area (Å²) in [7, 11) is 0. The molecule has 0 spiro atoms. The average Bonchev–Trinajstić information content (AvgIpc) is 3.14. The lowest BCUT2D eigenvalue weighted by Crippen LogP contribution is -2.15. The number of benzene rings is 2. The molecule has 0 aliphatic heterocycles. The summed E-state index contributed by atoms with van der Waals surface area (Å²) in [5.74, 6) is 0.666. The van der Waals surface area contributed by atoms with Gasteiger partial charge in [-0.05, 0) is 65.4 Å². The first-order chi connectivity index (χ1) is 13.5. The number of amides is 1. The number of anilines is 1. The first-order valence-electron chi connectivity index (χ1n) is 9.37. The maximum Gasteiger partial charge on any atom is 0.234 e. The van der Waals surface area contributed by atoms with Crippen molar-refractivity contribution in [2.24, 2.45) is 0 Å². The van der Waals surface area contributed by atoms with E-state index in [2.05, 4.69) is 46.8 Å². The Labute approximate surface area is 169 Å². The van der Waals surface area contributed by atoms with Crippen LogP contribution < -0.4 is 5.32 Å². The highest BCUT2D eigenvalue weighted by atomic mass is 32.2. The van der Waals surface area contributed by atoms with E-state index in [1.54, 1.807) is 4.68 Å². The molecular formula is C21H25N5OS. The van der Waals surface area contributed by atoms with Gasteiger partial charge in [0.25, 0.3) is 0 Å². The fourth-order valence-electron chi connectivity index (χ4n) is 3.01. The number of nitrogens with one attached hydrogen (secondary N) is 1. The zero-order valence-electron chi connectivity index (χ0n) is 16.6. The van der Waals surface area contributed by atoms with Crippen molar-refractivity contribution in [3.63, 3.8) is 0 Å². The Hall–Kier alpha value is -2.67. The Morgan fingerprint density at radius 3 is 2.46 bits per heavy atom. The summed E-state index contributed by atoms with van der Waals surface area (Å²) in [6.07, 6.45) is 1.09. The highest BCUT2D eigenvalue weighted by Gasteiger charge is 2.15. The Bertz CT molecular complexity index is 931. The van der Waals surface area contributed by atoms with Crippen LogP contribution in [0.1, 0.15) is 42.9 Å². The summed E-state index contributed by atoms with van der Waals surface area (Å²) < 4.78 is 1.70. The Balaban J connectivity index is 1.64. The molecule has 1 N–H and O–H groups in total. The van der Waals surface area contributed by atoms with Gasteiger partial charge in [-0.2, -0.15) is 4.68 Å². The van der Waals surface area contributed by atoms with Gasteiger partial charge in [0.05, 0.1) is 11.4 Å². The monoisotopic (exact) mass is 395 g/mol. The molecule has 1 atom stereocenters. The van der Waals surface area contributed by atoms with E-state index in [4.69, 9.17) is 0 Å². The zero-order chi connectivity index (χ0) is 20.1. The molecule has 3 aromatic rings. The van der Waals surface area contributed by atoms with Gasteiger partial charge in [0.1, 0.15) is 0 Å². The highest BCUT2D eigenvalue weighted by Crippen LogP contribution is 2.24. The average molecular weight is 396 g/mol. The number of tetrazole rings is 1. The third-order valence-electron chi connectivity index (χ3n) is 4.80. The van der Waals surface area contributed by atoms with Crippen LogP contribution in [-0.4, -0.2) is 31.9 Å². The number of para-hydroxylation sites is 1. The van der Waals surface area contributed by atoms with Gasteiger partial charge in [-0.3, -0.25) is 4.79 Å². The second kappa shape index (κ2) is 9.01. The fourth-order valence-corrected chi connectivity index (χ4v) is 3.68. The van der Waals surface area contributed by atoms with Gasteiger partial charge in [-0.1, -0.05) is 55.9 Å². The quantitative estimate of drug-likeness (QED) is 0.595. The largest absolute Gasteiger partial charge is 0.325 e. The smallest absolute Gasteiger partial charge is 0.234 e. The third kappa shape index (κ3) is 4.59. The van der Waals surface area contributed by atoms with Crippen molar-refractivity contribution in [2.45, 2.75) is 45.2 Å². The summed E-state index contributed by atoms with van der Waals surface area (Å²) in [5.41, 5.74) is 5.20. The van der Waals surface area contributed by atoms with Crippen molar-refractivity contribution < 1.29 is 4.79 Å². The van der Waals surface area contributed by atoms with Crippen molar-refractivity contribution in [1.29, 1.82) is 0 Å². The van der Waals surface area contributed by atoms with Crippen molar-refractivity contribution in [3.05, 3.63) is 59.2 Å². The first kappa shape index (κ1) is 20.1. The molecule has 0 aliphatic carbocycles. The molecule has 0 bridgehead atoms. The van der Waals surface area contributed by atoms with Crippen LogP contribution in [0, 0.1) is 13.8 Å². The Morgan fingerprint density at radius 2 is 1.82 bits per heavy atom. The van der Waals surface area contributed by atoms with Crippen molar-refractivity contribution in [3.8, 4) is 5.69 Å². The fraction of sp³-hybridized carbons (Fsp3) is 0.333. The van der Waals surface area contributed by atoms with Crippen LogP contribution in [0.15, 0.2) is 47.6 Å². The maximum absolute atomic E-state index is 12.4. The predicted octanol–water partition coefficient (Wildman–Crippen LogP) is 4.52. The second-order valence-electron chi connectivity index (χ2n) is 6.88. The lowest BCUT2D eigenvalue weighted by Gasteiger charge is -2.11. The number of thioether (sulfide) groups is 1. The maximum atomic E-state index is 12.4. The summed E-state index contributed by atoms with van der Waals surface area (Å²) in [4.78, 5) is 12.4. The van der Waals surface area contributed by atoms with Gasteiger partial charge in [-0.25, -0.2) is 0 Å². The number of hydrogen-bond acceptors (Lipinski definition) is 5. The lowest BCUT2D eigenvalue weighted by atomic mass is 9.99. The SMILES string of the molecule is CC[C@H](C)c1ccc(NC(=O)CSc2nnnn2-c2c(C)cccc2C)cc1. The van der Waals surface area contributed by atoms with E-state index in [1.807, 2.05) is 44.2 Å². The highest BCUT2D eigenvalue weighted by molar-refractivity contribution is 7.99. The number of carbonyl (C=O) groups excluding carboxylic acids is 1. The second-order valence-corrected chi connectivity index (χ2v) is 7.82. The van der Waals surface area contributed by atoms with Crippen LogP contribution in [0.3, 0.4) is 0 Å². The normalized spacial score (nSPS) is 12.0. The molecule has 1 heterocycles. The minimum absolute atomic E-state index is 0.0858. The van der Waals surface area contributed by atoms with Gasteiger partial charge < -0.3 is 5.32 Å². The molecule has 0 unspecified atom stereocenters. The van der Waals surface area contributed by atoms with Crippen LogP contribution in [-0.2, 0) is 4.79 Å². The van der Waals surface area contributed by atoms with Crippen LogP contribution in [0.25, 0.3) is 5.69 Å². The van der Waals surface area contributed by atoms with Gasteiger partial charge in [-0.15, -0.1) is 5.10 Å². The first-order valence-corrected chi connectivity index (χ1v) is 10.4. The molecule has 1 amide bonds. The summed E-state index contributed by atoms with van der Waals surface area (Å²) in [5, 5.41) is 15.5. The number of aromatic nitrogens is 4. The summed E-state index contributed by atoms with van der Waals surface area (Å²) in [6.45, 7) is 8.41. The number of rotatable bonds is 7.